The molecule has 0 bridgehead atoms. The van der Waals surface area contributed by atoms with Crippen LogP contribution in [0.3, 0.4) is 0 Å². The number of nitrogens with two attached hydrogens (primary N) is 1. The van der Waals surface area contributed by atoms with Crippen molar-refractivity contribution in [2.24, 2.45) is 0 Å². The molecule has 1 aromatic heterocycles. The molecular formula is C24H29N2O2S+. The summed E-state index contributed by atoms with van der Waals surface area (Å²) in [7, 11) is 1.65. The minimum absolute atomic E-state index is 0.0348. The van der Waals surface area contributed by atoms with E-state index >= 15 is 0 Å². The van der Waals surface area contributed by atoms with Gasteiger partial charge in [0, 0.05) is 12.1 Å². The van der Waals surface area contributed by atoms with Crippen LogP contribution >= 0.6 is 11.3 Å². The van der Waals surface area contributed by atoms with Crippen molar-refractivity contribution in [3.05, 3.63) is 87.6 Å². The Morgan fingerprint density at radius 3 is 2.34 bits per heavy atom. The van der Waals surface area contributed by atoms with Gasteiger partial charge in [0.1, 0.15) is 11.8 Å². The fourth-order valence-corrected chi connectivity index (χ4v) is 4.10. The van der Waals surface area contributed by atoms with Crippen LogP contribution < -0.4 is 15.4 Å². The van der Waals surface area contributed by atoms with E-state index in [4.69, 9.17) is 4.74 Å². The molecule has 0 aliphatic heterocycles. The number of hydrogen-bond acceptors (Lipinski definition) is 3. The highest BCUT2D eigenvalue weighted by Gasteiger charge is 2.25. The summed E-state index contributed by atoms with van der Waals surface area (Å²) in [4.78, 5) is 14.0. The normalized spacial score (nSPS) is 12.9. The van der Waals surface area contributed by atoms with Crippen LogP contribution in [0.2, 0.25) is 0 Å². The first-order valence-electron chi connectivity index (χ1n) is 9.98. The fraction of sp³-hybridized carbons (Fsp3) is 0.292. The molecule has 1 amide bonds. The van der Waals surface area contributed by atoms with Gasteiger partial charge in [-0.05, 0) is 48.1 Å². The van der Waals surface area contributed by atoms with Crippen LogP contribution in [0.25, 0.3) is 0 Å². The smallest absolute Gasteiger partial charge is 0.278 e. The number of methoxy groups -OCH3 is 1. The number of hydrogen-bond donors (Lipinski definition) is 2. The first kappa shape index (κ1) is 21.1. The molecule has 0 saturated heterocycles. The second-order valence-electron chi connectivity index (χ2n) is 7.14. The van der Waals surface area contributed by atoms with Crippen molar-refractivity contribution in [3.63, 3.8) is 0 Å². The van der Waals surface area contributed by atoms with Gasteiger partial charge in [-0.25, -0.2) is 0 Å². The molecule has 0 saturated carbocycles. The molecule has 3 N–H and O–H groups in total. The lowest BCUT2D eigenvalue weighted by Gasteiger charge is -2.20. The largest absolute Gasteiger partial charge is 0.497 e. The Morgan fingerprint density at radius 2 is 1.76 bits per heavy atom. The van der Waals surface area contributed by atoms with Gasteiger partial charge in [-0.1, -0.05) is 49.4 Å². The van der Waals surface area contributed by atoms with E-state index in [9.17, 15) is 4.79 Å². The number of nitrogens with one attached hydrogen (secondary N) is 1. The summed E-state index contributed by atoms with van der Waals surface area (Å²) >= 11 is 1.73. The molecule has 29 heavy (non-hydrogen) atoms. The number of rotatable bonds is 9. The molecule has 0 aliphatic rings. The number of carbonyl (C=O) groups is 1. The highest BCUT2D eigenvalue weighted by atomic mass is 32.1. The number of ether oxygens (including phenoxy) is 1. The SMILES string of the molecule is CCc1ccc([C@@H]([NH2+][C@H](C)C(=O)NCc2ccc(OC)cc2)c2cccs2)cc1. The molecule has 0 spiro atoms. The van der Waals surface area contributed by atoms with E-state index in [0.717, 1.165) is 17.7 Å². The van der Waals surface area contributed by atoms with Gasteiger partial charge in [-0.15, -0.1) is 11.3 Å². The zero-order valence-electron chi connectivity index (χ0n) is 17.2. The minimum Gasteiger partial charge on any atom is -0.497 e. The molecule has 152 valence electrons. The molecule has 2 atom stereocenters. The molecule has 1 heterocycles. The Kier molecular flexibility index (Phi) is 7.44. The van der Waals surface area contributed by atoms with E-state index in [0.29, 0.717) is 6.54 Å². The highest BCUT2D eigenvalue weighted by Crippen LogP contribution is 2.23. The quantitative estimate of drug-likeness (QED) is 0.566. The molecule has 5 heteroatoms. The molecule has 0 radical (unpaired) electrons. The summed E-state index contributed by atoms with van der Waals surface area (Å²) in [5.41, 5.74) is 3.60. The number of amides is 1. The van der Waals surface area contributed by atoms with E-state index in [1.807, 2.05) is 31.2 Å². The third kappa shape index (κ3) is 5.68. The van der Waals surface area contributed by atoms with Crippen molar-refractivity contribution in [1.29, 1.82) is 0 Å². The zero-order chi connectivity index (χ0) is 20.6. The van der Waals surface area contributed by atoms with Gasteiger partial charge in [0.25, 0.3) is 5.91 Å². The van der Waals surface area contributed by atoms with Gasteiger partial charge in [0.15, 0.2) is 6.04 Å². The van der Waals surface area contributed by atoms with Gasteiger partial charge < -0.3 is 15.4 Å². The van der Waals surface area contributed by atoms with Crippen molar-refractivity contribution in [1.82, 2.24) is 5.32 Å². The zero-order valence-corrected chi connectivity index (χ0v) is 18.0. The Morgan fingerprint density at radius 1 is 1.07 bits per heavy atom. The molecule has 4 nitrogen and oxygen atoms in total. The monoisotopic (exact) mass is 409 g/mol. The summed E-state index contributed by atoms with van der Waals surface area (Å²) in [6.07, 6.45) is 1.03. The topological polar surface area (TPSA) is 54.9 Å². The third-order valence-corrected chi connectivity index (χ3v) is 6.07. The van der Waals surface area contributed by atoms with Crippen molar-refractivity contribution in [3.8, 4) is 5.75 Å². The maximum Gasteiger partial charge on any atom is 0.278 e. The van der Waals surface area contributed by atoms with Crippen molar-refractivity contribution in [2.45, 2.75) is 38.9 Å². The lowest BCUT2D eigenvalue weighted by Crippen LogP contribution is -2.92. The van der Waals surface area contributed by atoms with E-state index in [2.05, 4.69) is 59.3 Å². The van der Waals surface area contributed by atoms with Gasteiger partial charge in [-0.3, -0.25) is 4.79 Å². The van der Waals surface area contributed by atoms with Crippen LogP contribution in [0, 0.1) is 0 Å². The van der Waals surface area contributed by atoms with Crippen LogP contribution in [0.1, 0.15) is 41.5 Å². The summed E-state index contributed by atoms with van der Waals surface area (Å²) in [6, 6.07) is 20.6. The van der Waals surface area contributed by atoms with Crippen molar-refractivity contribution in [2.75, 3.05) is 7.11 Å². The first-order valence-corrected chi connectivity index (χ1v) is 10.9. The predicted octanol–water partition coefficient (Wildman–Crippen LogP) is 3.68. The van der Waals surface area contributed by atoms with E-state index < -0.39 is 0 Å². The molecule has 3 rings (SSSR count). The van der Waals surface area contributed by atoms with Crippen LogP contribution in [0.15, 0.2) is 66.0 Å². The fourth-order valence-electron chi connectivity index (χ4n) is 3.27. The van der Waals surface area contributed by atoms with Gasteiger partial charge in [0.2, 0.25) is 0 Å². The van der Waals surface area contributed by atoms with E-state index in [1.54, 1.807) is 18.4 Å². The number of benzene rings is 2. The second-order valence-corrected chi connectivity index (χ2v) is 8.11. The number of thiophene rings is 1. The Bertz CT molecular complexity index is 890. The number of aryl methyl sites for hydroxylation is 1. The Balaban J connectivity index is 1.65. The molecular weight excluding hydrogens is 380 g/mol. The number of quaternary nitrogens is 1. The van der Waals surface area contributed by atoms with Crippen LogP contribution in [-0.4, -0.2) is 19.1 Å². The maximum atomic E-state index is 12.7. The molecule has 0 fully saturated rings. The van der Waals surface area contributed by atoms with Crippen molar-refractivity contribution >= 4 is 17.2 Å². The maximum absolute atomic E-state index is 12.7. The van der Waals surface area contributed by atoms with E-state index in [-0.39, 0.29) is 18.0 Å². The van der Waals surface area contributed by atoms with Crippen LogP contribution in [-0.2, 0) is 17.8 Å². The lowest BCUT2D eigenvalue weighted by atomic mass is 10.0. The summed E-state index contributed by atoms with van der Waals surface area (Å²) in [5.74, 6) is 0.849. The predicted molar refractivity (Wildman–Crippen MR) is 118 cm³/mol. The average molecular weight is 410 g/mol. The van der Waals surface area contributed by atoms with Gasteiger partial charge in [0.05, 0.1) is 12.0 Å². The Labute approximate surface area is 176 Å². The summed E-state index contributed by atoms with van der Waals surface area (Å²) < 4.78 is 5.18. The van der Waals surface area contributed by atoms with Crippen LogP contribution in [0.4, 0.5) is 0 Å². The second kappa shape index (κ2) is 10.2. The minimum atomic E-state index is -0.203. The average Bonchev–Trinajstić information content (AvgIpc) is 3.30. The molecule has 3 aromatic rings. The number of carbonyl (C=O) groups excluding carboxylic acids is 1. The first-order chi connectivity index (χ1) is 14.1. The van der Waals surface area contributed by atoms with Gasteiger partial charge >= 0.3 is 0 Å². The summed E-state index contributed by atoms with van der Waals surface area (Å²) in [6.45, 7) is 4.63. The molecule has 0 unspecified atom stereocenters. The van der Waals surface area contributed by atoms with E-state index in [1.165, 1.54) is 16.0 Å². The molecule has 2 aromatic carbocycles. The lowest BCUT2D eigenvalue weighted by molar-refractivity contribution is -0.704. The highest BCUT2D eigenvalue weighted by molar-refractivity contribution is 7.10. The Hall–Kier alpha value is -2.63. The third-order valence-electron chi connectivity index (χ3n) is 5.12. The molecule has 0 aliphatic carbocycles. The van der Waals surface area contributed by atoms with Gasteiger partial charge in [-0.2, -0.15) is 0 Å². The standard InChI is InChI=1S/C24H28N2O2S/c1-4-18-7-11-20(12-8-18)23(22-6-5-15-29-22)26-17(2)24(27)25-16-19-9-13-21(28-3)14-10-19/h5-15,17,23,26H,4,16H2,1-3H3,(H,25,27)/p+1/t17-,23-/m1/s1. The summed E-state index contributed by atoms with van der Waals surface area (Å²) in [5, 5.41) is 7.29. The van der Waals surface area contributed by atoms with Crippen molar-refractivity contribution < 1.29 is 14.8 Å². The van der Waals surface area contributed by atoms with Crippen LogP contribution in [0.5, 0.6) is 5.75 Å².